The van der Waals surface area contributed by atoms with E-state index in [1.807, 2.05) is 0 Å². The van der Waals surface area contributed by atoms with Crippen molar-refractivity contribution in [1.82, 2.24) is 19.9 Å². The van der Waals surface area contributed by atoms with Gasteiger partial charge in [-0.25, -0.2) is 9.97 Å². The molecule has 5 N–H and O–H groups in total. The second-order valence-electron chi connectivity index (χ2n) is 6.33. The molecule has 4 atom stereocenters. The van der Waals surface area contributed by atoms with Crippen molar-refractivity contribution in [2.45, 2.75) is 24.5 Å². The zero-order valence-electron chi connectivity index (χ0n) is 14.3. The summed E-state index contributed by atoms with van der Waals surface area (Å²) in [6.07, 6.45) is 0.238. The fraction of sp³-hybridized carbons (Fsp3) is 0.278. The first kappa shape index (κ1) is 17.4. The Hall–Kier alpha value is -3.01. The molecule has 1 unspecified atom stereocenters. The molecule has 0 bridgehead atoms. The first-order valence-corrected chi connectivity index (χ1v) is 8.47. The molecule has 27 heavy (non-hydrogen) atoms. The number of fused-ring (bicyclic) bond motifs is 1. The van der Waals surface area contributed by atoms with Crippen LogP contribution < -0.4 is 11.1 Å². The number of nitrogens with one attached hydrogen (secondary N) is 1. The number of nitrogens with two attached hydrogens (primary N) is 1. The molecule has 3 aromatic rings. The molecule has 9 nitrogen and oxygen atoms in total. The van der Waals surface area contributed by atoms with E-state index in [9.17, 15) is 15.0 Å². The van der Waals surface area contributed by atoms with E-state index < -0.39 is 24.5 Å². The normalized spacial score (nSPS) is 25.0. The molecule has 0 radical (unpaired) electrons. The Bertz CT molecular complexity index is 961. The molecule has 4 rings (SSSR count). The molecule has 0 aliphatic carbocycles. The summed E-state index contributed by atoms with van der Waals surface area (Å²) in [7, 11) is 0. The number of carbonyl (C=O) groups excluding carboxylic acids is 1. The number of hydrogen-bond donors (Lipinski definition) is 4. The van der Waals surface area contributed by atoms with Crippen LogP contribution in [0.1, 0.15) is 16.6 Å². The van der Waals surface area contributed by atoms with E-state index in [4.69, 9.17) is 10.5 Å². The fourth-order valence-electron chi connectivity index (χ4n) is 3.27. The number of aromatic nitrogens is 3. The highest BCUT2D eigenvalue weighted by atomic mass is 16.5. The molecule has 1 fully saturated rings. The van der Waals surface area contributed by atoms with Crippen molar-refractivity contribution in [3.8, 4) is 0 Å². The minimum Gasteiger partial charge on any atom is -0.397 e. The lowest BCUT2D eigenvalue weighted by atomic mass is 10.1. The Labute approximate surface area is 154 Å². The van der Waals surface area contributed by atoms with Crippen molar-refractivity contribution >= 4 is 22.8 Å². The highest BCUT2D eigenvalue weighted by molar-refractivity contribution is 5.94. The number of pyridine rings is 1. The van der Waals surface area contributed by atoms with Crippen LogP contribution in [0.5, 0.6) is 0 Å². The monoisotopic (exact) mass is 369 g/mol. The zero-order valence-corrected chi connectivity index (χ0v) is 14.3. The largest absolute Gasteiger partial charge is 0.397 e. The van der Waals surface area contributed by atoms with Gasteiger partial charge in [-0.1, -0.05) is 18.2 Å². The summed E-state index contributed by atoms with van der Waals surface area (Å²) in [5.74, 6) is -0.361. The predicted molar refractivity (Wildman–Crippen MR) is 96.6 cm³/mol. The molecule has 1 aliphatic heterocycles. The minimum atomic E-state index is -1.12. The molecule has 0 spiro atoms. The van der Waals surface area contributed by atoms with E-state index >= 15 is 0 Å². The van der Waals surface area contributed by atoms with E-state index in [-0.39, 0.29) is 12.5 Å². The van der Waals surface area contributed by atoms with Crippen molar-refractivity contribution in [3.05, 3.63) is 54.5 Å². The number of hydrogen-bond acceptors (Lipinski definition) is 7. The Kier molecular flexibility index (Phi) is 4.48. The van der Waals surface area contributed by atoms with Gasteiger partial charge < -0.3 is 26.0 Å². The number of ether oxygens (including phenoxy) is 1. The number of amides is 1. The van der Waals surface area contributed by atoms with E-state index in [0.29, 0.717) is 22.4 Å². The lowest BCUT2D eigenvalue weighted by Gasteiger charge is -2.20. The molecule has 2 aromatic heterocycles. The first-order valence-electron chi connectivity index (χ1n) is 8.47. The van der Waals surface area contributed by atoms with Crippen LogP contribution in [0.25, 0.3) is 11.2 Å². The summed E-state index contributed by atoms with van der Waals surface area (Å²) in [6.45, 7) is -0.366. The van der Waals surface area contributed by atoms with Gasteiger partial charge in [-0.2, -0.15) is 0 Å². The van der Waals surface area contributed by atoms with Gasteiger partial charge in [0, 0.05) is 11.8 Å². The summed E-state index contributed by atoms with van der Waals surface area (Å²) in [5.41, 5.74) is 7.75. The summed E-state index contributed by atoms with van der Waals surface area (Å²) in [6, 6.07) is 9.46. The summed E-state index contributed by atoms with van der Waals surface area (Å²) < 4.78 is 7.34. The van der Waals surface area contributed by atoms with Crippen LogP contribution >= 0.6 is 0 Å². The van der Waals surface area contributed by atoms with Gasteiger partial charge in [0.2, 0.25) is 0 Å². The van der Waals surface area contributed by atoms with E-state index in [1.165, 1.54) is 12.5 Å². The van der Waals surface area contributed by atoms with Crippen LogP contribution in [0.3, 0.4) is 0 Å². The lowest BCUT2D eigenvalue weighted by Crippen LogP contribution is -2.48. The molecule has 1 amide bonds. The van der Waals surface area contributed by atoms with Crippen LogP contribution in [0.2, 0.25) is 0 Å². The molecule has 1 aromatic carbocycles. The Morgan fingerprint density at radius 2 is 2.04 bits per heavy atom. The van der Waals surface area contributed by atoms with Gasteiger partial charge in [-0.3, -0.25) is 9.36 Å². The summed E-state index contributed by atoms with van der Waals surface area (Å²) >= 11 is 0. The van der Waals surface area contributed by atoms with Crippen molar-refractivity contribution in [1.29, 1.82) is 0 Å². The van der Waals surface area contributed by atoms with E-state index in [0.717, 1.165) is 0 Å². The third-order valence-electron chi connectivity index (χ3n) is 4.65. The lowest BCUT2D eigenvalue weighted by molar-refractivity contribution is -0.0489. The van der Waals surface area contributed by atoms with Gasteiger partial charge in [-0.05, 0) is 18.2 Å². The SMILES string of the molecule is Nc1ccnc2c1ncn2[C@@H]1O[C@H](CO)[C@H](NC(=O)c2ccccc2)C1O. The highest BCUT2D eigenvalue weighted by Crippen LogP contribution is 2.32. The maximum Gasteiger partial charge on any atom is 0.251 e. The van der Waals surface area contributed by atoms with Crippen molar-refractivity contribution in [2.75, 3.05) is 12.3 Å². The third kappa shape index (κ3) is 3.01. The number of nitrogen functional groups attached to an aromatic ring is 1. The Morgan fingerprint density at radius 1 is 1.26 bits per heavy atom. The molecular weight excluding hydrogens is 350 g/mol. The number of rotatable bonds is 4. The topological polar surface area (TPSA) is 136 Å². The van der Waals surface area contributed by atoms with Crippen LogP contribution in [0.15, 0.2) is 48.9 Å². The van der Waals surface area contributed by atoms with Crippen LogP contribution in [-0.4, -0.2) is 55.5 Å². The molecule has 140 valence electrons. The van der Waals surface area contributed by atoms with Crippen LogP contribution in [0, 0.1) is 0 Å². The second kappa shape index (κ2) is 6.95. The maximum absolute atomic E-state index is 12.5. The van der Waals surface area contributed by atoms with Gasteiger partial charge in [0.05, 0.1) is 24.7 Å². The molecule has 1 aliphatic rings. The number of imidazole rings is 1. The van der Waals surface area contributed by atoms with Gasteiger partial charge in [0.15, 0.2) is 11.9 Å². The van der Waals surface area contributed by atoms with E-state index in [2.05, 4.69) is 15.3 Å². The smallest absolute Gasteiger partial charge is 0.251 e. The van der Waals surface area contributed by atoms with Crippen LogP contribution in [-0.2, 0) is 4.74 Å². The molecular formula is C18H19N5O4. The van der Waals surface area contributed by atoms with E-state index in [1.54, 1.807) is 41.0 Å². The molecule has 1 saturated heterocycles. The Balaban J connectivity index is 1.61. The fourth-order valence-corrected chi connectivity index (χ4v) is 3.27. The molecule has 9 heteroatoms. The molecule has 0 saturated carbocycles. The van der Waals surface area contributed by atoms with Crippen LogP contribution in [0.4, 0.5) is 5.69 Å². The number of aliphatic hydroxyl groups is 2. The average Bonchev–Trinajstić information content (AvgIpc) is 3.25. The number of anilines is 1. The zero-order chi connectivity index (χ0) is 19.0. The van der Waals surface area contributed by atoms with Gasteiger partial charge >= 0.3 is 0 Å². The van der Waals surface area contributed by atoms with Gasteiger partial charge in [0.25, 0.3) is 5.91 Å². The Morgan fingerprint density at radius 3 is 2.78 bits per heavy atom. The van der Waals surface area contributed by atoms with Crippen molar-refractivity contribution < 1.29 is 19.7 Å². The first-order chi connectivity index (χ1) is 13.1. The number of benzene rings is 1. The average molecular weight is 369 g/mol. The highest BCUT2D eigenvalue weighted by Gasteiger charge is 2.45. The minimum absolute atomic E-state index is 0.361. The predicted octanol–water partition coefficient (Wildman–Crippen LogP) is 0.0627. The van der Waals surface area contributed by atoms with Crippen molar-refractivity contribution in [2.24, 2.45) is 0 Å². The van der Waals surface area contributed by atoms with Gasteiger partial charge in [0.1, 0.15) is 17.7 Å². The third-order valence-corrected chi connectivity index (χ3v) is 4.65. The number of carbonyl (C=O) groups is 1. The maximum atomic E-state index is 12.5. The number of nitrogens with zero attached hydrogens (tertiary/aromatic N) is 3. The second-order valence-corrected chi connectivity index (χ2v) is 6.33. The van der Waals surface area contributed by atoms with Crippen molar-refractivity contribution in [3.63, 3.8) is 0 Å². The number of aliphatic hydroxyl groups excluding tert-OH is 2. The summed E-state index contributed by atoms with van der Waals surface area (Å²) in [5, 5.41) is 23.2. The quantitative estimate of drug-likeness (QED) is 0.511. The summed E-state index contributed by atoms with van der Waals surface area (Å²) in [4.78, 5) is 20.9. The standard InChI is InChI=1S/C18H19N5O4/c19-11-6-7-20-16-13(11)21-9-23(16)18-15(25)14(12(8-24)27-18)22-17(26)10-4-2-1-3-5-10/h1-7,9,12,14-15,18,24-25H,8H2,(H2,19,20)(H,22,26)/t12-,14+,15?,18-/m1/s1. The van der Waals surface area contributed by atoms with Gasteiger partial charge in [-0.15, -0.1) is 0 Å². The molecule has 3 heterocycles.